The zero-order valence-electron chi connectivity index (χ0n) is 17.6. The lowest BCUT2D eigenvalue weighted by atomic mass is 9.93. The highest BCUT2D eigenvalue weighted by molar-refractivity contribution is 5.88. The predicted molar refractivity (Wildman–Crippen MR) is 120 cm³/mol. The number of hydrogen-bond acceptors (Lipinski definition) is 5. The number of aromatic hydroxyl groups is 1. The largest absolute Gasteiger partial charge is 0.508 e. The maximum Gasteiger partial charge on any atom is 0.349 e. The van der Waals surface area contributed by atoms with Crippen molar-refractivity contribution >= 4 is 11.9 Å². The van der Waals surface area contributed by atoms with Crippen LogP contribution in [-0.2, 0) is 20.7 Å². The molecule has 1 N–H and O–H groups in total. The highest BCUT2D eigenvalue weighted by Crippen LogP contribution is 2.31. The molecule has 5 heteroatoms. The molecule has 0 aliphatic carbocycles. The van der Waals surface area contributed by atoms with Crippen molar-refractivity contribution in [2.24, 2.45) is 0 Å². The van der Waals surface area contributed by atoms with Crippen LogP contribution >= 0.6 is 0 Å². The molecule has 0 radical (unpaired) electrons. The zero-order chi connectivity index (χ0) is 22.4. The first-order valence-corrected chi connectivity index (χ1v) is 9.93. The van der Waals surface area contributed by atoms with Crippen molar-refractivity contribution in [3.05, 3.63) is 84.4 Å². The molecule has 0 aliphatic rings. The quantitative estimate of drug-likeness (QED) is 0.321. The summed E-state index contributed by atoms with van der Waals surface area (Å²) in [5.41, 5.74) is 5.63. The lowest BCUT2D eigenvalue weighted by molar-refractivity contribution is -0.150. The summed E-state index contributed by atoms with van der Waals surface area (Å²) >= 11 is 0. The lowest BCUT2D eigenvalue weighted by Crippen LogP contribution is -2.18. The van der Waals surface area contributed by atoms with Crippen LogP contribution in [0.4, 0.5) is 0 Å². The molecule has 0 saturated carbocycles. The molecule has 0 spiro atoms. The second kappa shape index (κ2) is 9.76. The van der Waals surface area contributed by atoms with Crippen molar-refractivity contribution in [1.29, 1.82) is 0 Å². The summed E-state index contributed by atoms with van der Waals surface area (Å²) < 4.78 is 9.98. The van der Waals surface area contributed by atoms with Crippen LogP contribution in [-0.4, -0.2) is 23.7 Å². The minimum Gasteiger partial charge on any atom is -0.508 e. The standard InChI is InChI=1S/C26H24O5/c1-4-18-15-21(9-14-24(18)20-5-10-22(27)11-6-20)19-7-12-23(13-8-19)31-25(28)16-30-26(29)17(2)3/h5-15,27H,2,4,16H2,1,3H3. The van der Waals surface area contributed by atoms with Crippen LogP contribution in [0.1, 0.15) is 19.4 Å². The van der Waals surface area contributed by atoms with E-state index in [4.69, 9.17) is 9.47 Å². The van der Waals surface area contributed by atoms with Crippen molar-refractivity contribution in [2.75, 3.05) is 6.61 Å². The predicted octanol–water partition coefficient (Wildman–Crippen LogP) is 5.31. The van der Waals surface area contributed by atoms with E-state index in [-0.39, 0.29) is 11.3 Å². The Morgan fingerprint density at radius 1 is 0.903 bits per heavy atom. The Morgan fingerprint density at radius 3 is 2.13 bits per heavy atom. The number of ether oxygens (including phenoxy) is 2. The van der Waals surface area contributed by atoms with Gasteiger partial charge in [0.2, 0.25) is 0 Å². The molecule has 0 heterocycles. The highest BCUT2D eigenvalue weighted by atomic mass is 16.6. The Kier molecular flexibility index (Phi) is 6.88. The van der Waals surface area contributed by atoms with Gasteiger partial charge >= 0.3 is 11.9 Å². The van der Waals surface area contributed by atoms with Crippen LogP contribution in [0.3, 0.4) is 0 Å². The highest BCUT2D eigenvalue weighted by Gasteiger charge is 2.11. The Morgan fingerprint density at radius 2 is 1.52 bits per heavy atom. The maximum atomic E-state index is 11.8. The van der Waals surface area contributed by atoms with E-state index in [2.05, 4.69) is 25.6 Å². The van der Waals surface area contributed by atoms with Crippen LogP contribution in [0.15, 0.2) is 78.9 Å². The number of esters is 2. The molecule has 5 nitrogen and oxygen atoms in total. The third-order valence-corrected chi connectivity index (χ3v) is 4.75. The van der Waals surface area contributed by atoms with Crippen LogP contribution in [0.25, 0.3) is 22.3 Å². The van der Waals surface area contributed by atoms with Crippen LogP contribution < -0.4 is 4.74 Å². The molecule has 3 aromatic rings. The summed E-state index contributed by atoms with van der Waals surface area (Å²) in [4.78, 5) is 23.2. The van der Waals surface area contributed by atoms with Gasteiger partial charge in [-0.2, -0.15) is 0 Å². The summed E-state index contributed by atoms with van der Waals surface area (Å²) in [6.07, 6.45) is 0.864. The van der Waals surface area contributed by atoms with Gasteiger partial charge in [-0.25, -0.2) is 9.59 Å². The number of phenols is 1. The first-order chi connectivity index (χ1) is 14.9. The topological polar surface area (TPSA) is 72.8 Å². The van der Waals surface area contributed by atoms with Crippen molar-refractivity contribution in [3.63, 3.8) is 0 Å². The summed E-state index contributed by atoms with van der Waals surface area (Å²) in [6.45, 7) is 6.60. The smallest absolute Gasteiger partial charge is 0.349 e. The molecule has 31 heavy (non-hydrogen) atoms. The monoisotopic (exact) mass is 416 g/mol. The number of phenolic OH excluding ortho intramolecular Hbond substituents is 1. The SMILES string of the molecule is C=C(C)C(=O)OCC(=O)Oc1ccc(-c2ccc(-c3ccc(O)cc3)c(CC)c2)cc1. The third-order valence-electron chi connectivity index (χ3n) is 4.75. The number of carbonyl (C=O) groups is 2. The molecular weight excluding hydrogens is 392 g/mol. The average molecular weight is 416 g/mol. The summed E-state index contributed by atoms with van der Waals surface area (Å²) in [7, 11) is 0. The molecular formula is C26H24O5. The lowest BCUT2D eigenvalue weighted by Gasteiger charge is -2.12. The van der Waals surface area contributed by atoms with Crippen molar-refractivity contribution < 1.29 is 24.2 Å². The number of aryl methyl sites for hydroxylation is 1. The first-order valence-electron chi connectivity index (χ1n) is 9.93. The molecule has 0 unspecified atom stereocenters. The van der Waals surface area contributed by atoms with E-state index in [1.807, 2.05) is 30.3 Å². The first kappa shape index (κ1) is 21.8. The van der Waals surface area contributed by atoms with E-state index >= 15 is 0 Å². The van der Waals surface area contributed by atoms with Gasteiger partial charge in [0.1, 0.15) is 11.5 Å². The fourth-order valence-electron chi connectivity index (χ4n) is 3.11. The summed E-state index contributed by atoms with van der Waals surface area (Å²) in [6, 6.07) is 20.6. The maximum absolute atomic E-state index is 11.8. The normalized spacial score (nSPS) is 10.4. The number of benzene rings is 3. The van der Waals surface area contributed by atoms with Gasteiger partial charge in [0.05, 0.1) is 0 Å². The van der Waals surface area contributed by atoms with E-state index in [1.54, 1.807) is 24.3 Å². The number of carbonyl (C=O) groups excluding carboxylic acids is 2. The molecule has 158 valence electrons. The van der Waals surface area contributed by atoms with E-state index in [0.29, 0.717) is 5.75 Å². The summed E-state index contributed by atoms with van der Waals surface area (Å²) in [5.74, 6) is -0.673. The minimum atomic E-state index is -0.658. The van der Waals surface area contributed by atoms with E-state index in [9.17, 15) is 14.7 Å². The fraction of sp³-hybridized carbons (Fsp3) is 0.154. The van der Waals surface area contributed by atoms with Crippen LogP contribution in [0, 0.1) is 0 Å². The summed E-state index contributed by atoms with van der Waals surface area (Å²) in [5, 5.41) is 9.52. The van der Waals surface area contributed by atoms with Crippen molar-refractivity contribution in [3.8, 4) is 33.8 Å². The Bertz CT molecular complexity index is 1100. The van der Waals surface area contributed by atoms with Gasteiger partial charge in [0.25, 0.3) is 0 Å². The van der Waals surface area contributed by atoms with E-state index in [0.717, 1.165) is 28.7 Å². The Balaban J connectivity index is 1.72. The van der Waals surface area contributed by atoms with Gasteiger partial charge in [0.15, 0.2) is 6.61 Å². The van der Waals surface area contributed by atoms with Gasteiger partial charge in [-0.1, -0.05) is 56.0 Å². The van der Waals surface area contributed by atoms with Crippen LogP contribution in [0.5, 0.6) is 11.5 Å². The van der Waals surface area contributed by atoms with E-state index in [1.165, 1.54) is 12.5 Å². The third kappa shape index (κ3) is 5.60. The average Bonchev–Trinajstić information content (AvgIpc) is 2.78. The van der Waals surface area contributed by atoms with E-state index < -0.39 is 18.5 Å². The second-order valence-electron chi connectivity index (χ2n) is 7.13. The number of rotatable bonds is 7. The fourth-order valence-corrected chi connectivity index (χ4v) is 3.11. The van der Waals surface area contributed by atoms with Gasteiger partial charge in [0, 0.05) is 5.57 Å². The van der Waals surface area contributed by atoms with Gasteiger partial charge in [-0.15, -0.1) is 0 Å². The molecule has 0 aromatic heterocycles. The second-order valence-corrected chi connectivity index (χ2v) is 7.13. The molecule has 0 amide bonds. The van der Waals surface area contributed by atoms with Crippen molar-refractivity contribution in [2.45, 2.75) is 20.3 Å². The van der Waals surface area contributed by atoms with Crippen molar-refractivity contribution in [1.82, 2.24) is 0 Å². The molecule has 0 aliphatic heterocycles. The van der Waals surface area contributed by atoms with Gasteiger partial charge in [-0.3, -0.25) is 0 Å². The molecule has 0 atom stereocenters. The zero-order valence-corrected chi connectivity index (χ0v) is 17.6. The molecule has 0 bridgehead atoms. The Hall–Kier alpha value is -3.86. The number of hydrogen-bond donors (Lipinski definition) is 1. The molecule has 0 saturated heterocycles. The minimum absolute atomic E-state index is 0.222. The van der Waals surface area contributed by atoms with Gasteiger partial charge in [-0.05, 0) is 65.4 Å². The van der Waals surface area contributed by atoms with Gasteiger partial charge < -0.3 is 14.6 Å². The van der Waals surface area contributed by atoms with Crippen LogP contribution in [0.2, 0.25) is 0 Å². The molecule has 3 aromatic carbocycles. The molecule has 0 fully saturated rings. The Labute approximate surface area is 181 Å². The molecule has 3 rings (SSSR count).